The van der Waals surface area contributed by atoms with Crippen molar-refractivity contribution in [1.29, 1.82) is 0 Å². The quantitative estimate of drug-likeness (QED) is 0.829. The molecule has 1 fully saturated rings. The molecule has 0 aromatic heterocycles. The number of amides is 2. The smallest absolute Gasteiger partial charge is 0.224 e. The van der Waals surface area contributed by atoms with Crippen LogP contribution in [0.3, 0.4) is 0 Å². The first-order valence-corrected chi connectivity index (χ1v) is 7.17. The predicted octanol–water partition coefficient (Wildman–Crippen LogP) is 1.71. The topological polar surface area (TPSA) is 58.2 Å². The molecule has 2 unspecified atom stereocenters. The van der Waals surface area contributed by atoms with E-state index in [1.807, 2.05) is 30.3 Å². The highest BCUT2D eigenvalue weighted by Crippen LogP contribution is 2.38. The molecule has 2 atom stereocenters. The van der Waals surface area contributed by atoms with Gasteiger partial charge in [0.1, 0.15) is 0 Å². The van der Waals surface area contributed by atoms with E-state index in [9.17, 15) is 9.59 Å². The Morgan fingerprint density at radius 2 is 1.70 bits per heavy atom. The highest BCUT2D eigenvalue weighted by Gasteiger charge is 2.47. The summed E-state index contributed by atoms with van der Waals surface area (Å²) >= 11 is 0. The van der Waals surface area contributed by atoms with Gasteiger partial charge >= 0.3 is 0 Å². The number of carbonyl (C=O) groups excluding carboxylic acids is 2. The molecule has 4 heteroatoms. The van der Waals surface area contributed by atoms with Crippen molar-refractivity contribution in [2.75, 3.05) is 6.54 Å². The molecule has 2 rings (SSSR count). The molecule has 108 valence electrons. The van der Waals surface area contributed by atoms with Gasteiger partial charge in [0.05, 0.1) is 11.8 Å². The minimum atomic E-state index is -0.147. The monoisotopic (exact) mass is 274 g/mol. The lowest BCUT2D eigenvalue weighted by Crippen LogP contribution is -2.31. The number of carbonyl (C=O) groups is 2. The average molecular weight is 274 g/mol. The van der Waals surface area contributed by atoms with Gasteiger partial charge in [0.25, 0.3) is 0 Å². The van der Waals surface area contributed by atoms with Crippen LogP contribution in [0.5, 0.6) is 0 Å². The average Bonchev–Trinajstić information content (AvgIpc) is 3.24. The van der Waals surface area contributed by atoms with Crippen molar-refractivity contribution in [3.8, 4) is 0 Å². The van der Waals surface area contributed by atoms with Gasteiger partial charge < -0.3 is 10.6 Å². The lowest BCUT2D eigenvalue weighted by molar-refractivity contribution is -0.127. The maximum Gasteiger partial charge on any atom is 0.224 e. The van der Waals surface area contributed by atoms with Gasteiger partial charge in [-0.25, -0.2) is 0 Å². The molecule has 2 amide bonds. The molecule has 1 saturated carbocycles. The second kappa shape index (κ2) is 6.55. The van der Waals surface area contributed by atoms with Gasteiger partial charge in [-0.2, -0.15) is 0 Å². The van der Waals surface area contributed by atoms with E-state index < -0.39 is 0 Å². The van der Waals surface area contributed by atoms with Crippen LogP contribution in [0, 0.1) is 17.8 Å². The third-order valence-corrected chi connectivity index (χ3v) is 3.46. The van der Waals surface area contributed by atoms with E-state index in [2.05, 4.69) is 24.5 Å². The fraction of sp³-hybridized carbons (Fsp3) is 0.500. The molecular formula is C16H22N2O2. The van der Waals surface area contributed by atoms with Crippen LogP contribution in [-0.2, 0) is 16.1 Å². The summed E-state index contributed by atoms with van der Waals surface area (Å²) in [5, 5.41) is 5.78. The first-order chi connectivity index (χ1) is 9.58. The van der Waals surface area contributed by atoms with E-state index in [1.165, 1.54) is 0 Å². The van der Waals surface area contributed by atoms with E-state index in [4.69, 9.17) is 0 Å². The van der Waals surface area contributed by atoms with Gasteiger partial charge in [-0.3, -0.25) is 9.59 Å². The fourth-order valence-corrected chi connectivity index (χ4v) is 2.13. The molecule has 0 saturated heterocycles. The van der Waals surface area contributed by atoms with Gasteiger partial charge in [0, 0.05) is 13.1 Å². The Bertz CT molecular complexity index is 471. The largest absolute Gasteiger partial charge is 0.356 e. The Labute approximate surface area is 119 Å². The lowest BCUT2D eigenvalue weighted by Gasteiger charge is -2.07. The molecule has 0 radical (unpaired) electrons. The van der Waals surface area contributed by atoms with Crippen LogP contribution in [0.25, 0.3) is 0 Å². The molecule has 1 aromatic rings. The Balaban J connectivity index is 1.72. The van der Waals surface area contributed by atoms with Crippen molar-refractivity contribution < 1.29 is 9.59 Å². The van der Waals surface area contributed by atoms with E-state index in [1.54, 1.807) is 0 Å². The van der Waals surface area contributed by atoms with Crippen molar-refractivity contribution in [3.05, 3.63) is 35.9 Å². The Morgan fingerprint density at radius 3 is 2.30 bits per heavy atom. The van der Waals surface area contributed by atoms with Crippen LogP contribution in [0.1, 0.15) is 25.8 Å². The number of hydrogen-bond acceptors (Lipinski definition) is 2. The normalized spacial score (nSPS) is 20.6. The van der Waals surface area contributed by atoms with Gasteiger partial charge in [-0.1, -0.05) is 44.2 Å². The zero-order valence-electron chi connectivity index (χ0n) is 12.1. The van der Waals surface area contributed by atoms with E-state index >= 15 is 0 Å². The van der Waals surface area contributed by atoms with E-state index in [0.29, 0.717) is 25.4 Å². The fourth-order valence-electron chi connectivity index (χ4n) is 2.13. The summed E-state index contributed by atoms with van der Waals surface area (Å²) < 4.78 is 0. The van der Waals surface area contributed by atoms with Crippen molar-refractivity contribution in [2.45, 2.75) is 26.8 Å². The van der Waals surface area contributed by atoms with Crippen LogP contribution in [0.2, 0.25) is 0 Å². The zero-order chi connectivity index (χ0) is 14.5. The highest BCUT2D eigenvalue weighted by molar-refractivity contribution is 5.92. The lowest BCUT2D eigenvalue weighted by atomic mass is 10.2. The third-order valence-electron chi connectivity index (χ3n) is 3.46. The Hall–Kier alpha value is -1.84. The molecule has 20 heavy (non-hydrogen) atoms. The van der Waals surface area contributed by atoms with Gasteiger partial charge in [0.15, 0.2) is 0 Å². The maximum absolute atomic E-state index is 11.9. The van der Waals surface area contributed by atoms with Crippen molar-refractivity contribution in [2.24, 2.45) is 17.8 Å². The molecule has 1 aliphatic rings. The minimum Gasteiger partial charge on any atom is -0.356 e. The predicted molar refractivity (Wildman–Crippen MR) is 77.7 cm³/mol. The van der Waals surface area contributed by atoms with Crippen LogP contribution in [0.15, 0.2) is 30.3 Å². The molecule has 0 spiro atoms. The summed E-state index contributed by atoms with van der Waals surface area (Å²) in [6.07, 6.45) is 0.671. The van der Waals surface area contributed by atoms with Crippen molar-refractivity contribution in [3.63, 3.8) is 0 Å². The van der Waals surface area contributed by atoms with Crippen molar-refractivity contribution >= 4 is 11.8 Å². The maximum atomic E-state index is 11.9. The standard InChI is InChI=1S/C16H22N2O2/c1-11(2)9-17-15(19)13-8-14(13)16(20)18-10-12-6-4-3-5-7-12/h3-7,11,13-14H,8-10H2,1-2H3,(H,17,19)(H,18,20). The Morgan fingerprint density at radius 1 is 1.10 bits per heavy atom. The van der Waals surface area contributed by atoms with Crippen LogP contribution >= 0.6 is 0 Å². The molecule has 1 aliphatic carbocycles. The molecule has 0 bridgehead atoms. The summed E-state index contributed by atoms with van der Waals surface area (Å²) in [7, 11) is 0. The molecule has 2 N–H and O–H groups in total. The minimum absolute atomic E-state index is 0.0126. The second-order valence-corrected chi connectivity index (χ2v) is 5.79. The highest BCUT2D eigenvalue weighted by atomic mass is 16.2. The molecular weight excluding hydrogens is 252 g/mol. The van der Waals surface area contributed by atoms with E-state index in [0.717, 1.165) is 5.56 Å². The molecule has 0 heterocycles. The van der Waals surface area contributed by atoms with Gasteiger partial charge in [0.2, 0.25) is 11.8 Å². The molecule has 1 aromatic carbocycles. The number of nitrogens with one attached hydrogen (secondary N) is 2. The van der Waals surface area contributed by atoms with Crippen molar-refractivity contribution in [1.82, 2.24) is 10.6 Å². The van der Waals surface area contributed by atoms with Crippen LogP contribution in [-0.4, -0.2) is 18.4 Å². The number of rotatable bonds is 6. The summed E-state index contributed by atoms with van der Waals surface area (Å²) in [6.45, 7) is 5.30. The second-order valence-electron chi connectivity index (χ2n) is 5.79. The first-order valence-electron chi connectivity index (χ1n) is 7.17. The molecule has 0 aliphatic heterocycles. The van der Waals surface area contributed by atoms with Crippen LogP contribution < -0.4 is 10.6 Å². The van der Waals surface area contributed by atoms with Gasteiger partial charge in [-0.15, -0.1) is 0 Å². The third kappa shape index (κ3) is 4.08. The number of hydrogen-bond donors (Lipinski definition) is 2. The summed E-state index contributed by atoms with van der Waals surface area (Å²) in [5.74, 6) is 0.149. The van der Waals surface area contributed by atoms with Crippen LogP contribution in [0.4, 0.5) is 0 Å². The van der Waals surface area contributed by atoms with Gasteiger partial charge in [-0.05, 0) is 17.9 Å². The summed E-state index contributed by atoms with van der Waals surface area (Å²) in [5.41, 5.74) is 1.07. The molecule has 4 nitrogen and oxygen atoms in total. The number of benzene rings is 1. The summed E-state index contributed by atoms with van der Waals surface area (Å²) in [6, 6.07) is 9.78. The SMILES string of the molecule is CC(C)CNC(=O)C1CC1C(=O)NCc1ccccc1. The summed E-state index contributed by atoms with van der Waals surface area (Å²) in [4.78, 5) is 23.7. The first kappa shape index (κ1) is 14.6. The Kier molecular flexibility index (Phi) is 4.77. The van der Waals surface area contributed by atoms with E-state index in [-0.39, 0.29) is 23.7 Å². The zero-order valence-corrected chi connectivity index (χ0v) is 12.1.